The van der Waals surface area contributed by atoms with Gasteiger partial charge in [0.15, 0.2) is 0 Å². The molecule has 13 aromatic carbocycles. The second-order valence-electron chi connectivity index (χ2n) is 18.3. The highest BCUT2D eigenvalue weighted by Gasteiger charge is 2.26. The van der Waals surface area contributed by atoms with Crippen LogP contribution in [0.2, 0.25) is 0 Å². The van der Waals surface area contributed by atoms with Crippen molar-refractivity contribution in [3.8, 4) is 11.5 Å². The van der Waals surface area contributed by atoms with Gasteiger partial charge in [0, 0.05) is 21.5 Å². The molecular weight excluding hydrogens is 841 g/mol. The second kappa shape index (κ2) is 15.2. The van der Waals surface area contributed by atoms with Crippen molar-refractivity contribution < 1.29 is 30.6 Å². The highest BCUT2D eigenvalue weighted by atomic mass is 16.3. The van der Waals surface area contributed by atoms with Crippen LogP contribution in [0.25, 0.3) is 86.2 Å². The lowest BCUT2D eigenvalue weighted by molar-refractivity contribution is 0.218. The van der Waals surface area contributed by atoms with Crippen molar-refractivity contribution in [2.45, 2.75) is 24.4 Å². The van der Waals surface area contributed by atoms with E-state index < -0.39 is 24.4 Å². The van der Waals surface area contributed by atoms with Gasteiger partial charge >= 0.3 is 0 Å². The molecule has 4 atom stereocenters. The molecule has 0 radical (unpaired) electrons. The van der Waals surface area contributed by atoms with Crippen molar-refractivity contribution in [3.05, 3.63) is 239 Å². The first kappa shape index (κ1) is 40.2. The highest BCUT2D eigenvalue weighted by Crippen LogP contribution is 2.48. The summed E-state index contributed by atoms with van der Waals surface area (Å²) in [4.78, 5) is 0. The van der Waals surface area contributed by atoms with Gasteiger partial charge in [0.25, 0.3) is 0 Å². The van der Waals surface area contributed by atoms with E-state index in [1.807, 2.05) is 170 Å². The number of aromatic hydroxyl groups is 2. The van der Waals surface area contributed by atoms with E-state index in [-0.39, 0.29) is 11.5 Å². The zero-order valence-corrected chi connectivity index (χ0v) is 36.5. The summed E-state index contributed by atoms with van der Waals surface area (Å²) in [5.41, 5.74) is 5.45. The Bertz CT molecular complexity index is 3870. The summed E-state index contributed by atoms with van der Waals surface area (Å²) in [6, 6.07) is 62.0. The molecule has 0 saturated carbocycles. The molecule has 13 aromatic rings. The number of phenols is 2. The standard InChI is InChI=1S/C62H42O6/c63-53-25-23-45-47(61(67)41-21-15-33-7-1-3-9-37(33)27-41)29-39-11-5-13-43-49(31-51(53)57(45)55(39)43)59(65)35-17-19-36(20-18-35)60(66)50-32-52-54(64)26-24-46-48(30-40-12-6-14-44(50)56(40)58(46)52)62(68)42-22-16-34-8-2-4-10-38(34)28-42/h1-32,59-68H. The van der Waals surface area contributed by atoms with Gasteiger partial charge in [-0.3, -0.25) is 0 Å². The average molecular weight is 883 g/mol. The van der Waals surface area contributed by atoms with Crippen molar-refractivity contribution in [3.63, 3.8) is 0 Å². The van der Waals surface area contributed by atoms with Crippen LogP contribution in [0.5, 0.6) is 11.5 Å². The molecule has 0 aliphatic rings. The predicted octanol–water partition coefficient (Wildman–Crippen LogP) is 13.5. The number of rotatable bonds is 8. The lowest BCUT2D eigenvalue weighted by Crippen LogP contribution is -2.06. The maximum absolute atomic E-state index is 12.2. The second-order valence-corrected chi connectivity index (χ2v) is 18.3. The molecule has 13 rings (SSSR count). The summed E-state index contributed by atoms with van der Waals surface area (Å²) in [5.74, 6) is 0.149. The number of aliphatic hydroxyl groups is 4. The van der Waals surface area contributed by atoms with Crippen molar-refractivity contribution >= 4 is 86.2 Å². The molecule has 4 unspecified atom stereocenters. The third kappa shape index (κ3) is 6.06. The molecular formula is C62H42O6. The van der Waals surface area contributed by atoms with Gasteiger partial charge in [0.1, 0.15) is 35.9 Å². The molecule has 6 nitrogen and oxygen atoms in total. The Hall–Kier alpha value is -8.10. The molecule has 0 heterocycles. The molecule has 0 amide bonds. The number of hydrogen-bond acceptors (Lipinski definition) is 6. The molecule has 6 N–H and O–H groups in total. The lowest BCUT2D eigenvalue weighted by Gasteiger charge is -2.23. The summed E-state index contributed by atoms with van der Waals surface area (Å²) in [6.45, 7) is 0. The van der Waals surface area contributed by atoms with E-state index in [1.54, 1.807) is 12.1 Å². The first-order valence-electron chi connectivity index (χ1n) is 22.9. The van der Waals surface area contributed by atoms with E-state index >= 15 is 0 Å². The van der Waals surface area contributed by atoms with Crippen LogP contribution in [-0.4, -0.2) is 30.6 Å². The summed E-state index contributed by atoms with van der Waals surface area (Å²) >= 11 is 0. The van der Waals surface area contributed by atoms with Gasteiger partial charge in [0.05, 0.1) is 0 Å². The van der Waals surface area contributed by atoms with Gasteiger partial charge in [0.2, 0.25) is 0 Å². The third-order valence-corrected chi connectivity index (χ3v) is 14.5. The molecule has 0 aliphatic heterocycles. The fourth-order valence-electron chi connectivity index (χ4n) is 11.1. The van der Waals surface area contributed by atoms with E-state index in [1.165, 1.54) is 0 Å². The van der Waals surface area contributed by atoms with E-state index in [2.05, 4.69) is 12.1 Å². The Kier molecular flexibility index (Phi) is 9.00. The molecule has 68 heavy (non-hydrogen) atoms. The Morgan fingerprint density at radius 1 is 0.235 bits per heavy atom. The average Bonchev–Trinajstić information content (AvgIpc) is 3.38. The number of phenolic OH excluding ortho intramolecular Hbond substituents is 2. The van der Waals surface area contributed by atoms with Crippen molar-refractivity contribution in [2.75, 3.05) is 0 Å². The van der Waals surface area contributed by atoms with Crippen molar-refractivity contribution in [1.82, 2.24) is 0 Å². The molecule has 0 fully saturated rings. The van der Waals surface area contributed by atoms with Crippen LogP contribution >= 0.6 is 0 Å². The van der Waals surface area contributed by atoms with Crippen LogP contribution in [0.3, 0.4) is 0 Å². The lowest BCUT2D eigenvalue weighted by atomic mass is 9.84. The zero-order valence-electron chi connectivity index (χ0n) is 36.5. The van der Waals surface area contributed by atoms with Crippen LogP contribution < -0.4 is 0 Å². The third-order valence-electron chi connectivity index (χ3n) is 14.5. The molecule has 0 bridgehead atoms. The Morgan fingerprint density at radius 2 is 0.574 bits per heavy atom. The predicted molar refractivity (Wildman–Crippen MR) is 274 cm³/mol. The van der Waals surface area contributed by atoms with Crippen LogP contribution in [0.15, 0.2) is 194 Å². The summed E-state index contributed by atoms with van der Waals surface area (Å²) in [5, 5.41) is 85.0. The Balaban J connectivity index is 0.868. The fraction of sp³-hybridized carbons (Fsp3) is 0.0645. The maximum Gasteiger partial charge on any atom is 0.123 e. The monoisotopic (exact) mass is 882 g/mol. The molecule has 0 saturated heterocycles. The zero-order chi connectivity index (χ0) is 45.9. The van der Waals surface area contributed by atoms with Crippen LogP contribution in [0.4, 0.5) is 0 Å². The number of aliphatic hydroxyl groups excluding tert-OH is 4. The fourth-order valence-corrected chi connectivity index (χ4v) is 11.1. The minimum Gasteiger partial charge on any atom is -0.507 e. The smallest absolute Gasteiger partial charge is 0.123 e. The topological polar surface area (TPSA) is 121 Å². The van der Waals surface area contributed by atoms with Crippen molar-refractivity contribution in [2.24, 2.45) is 0 Å². The Labute approximate surface area is 389 Å². The molecule has 0 aromatic heterocycles. The van der Waals surface area contributed by atoms with E-state index in [0.717, 1.165) is 97.7 Å². The van der Waals surface area contributed by atoms with Gasteiger partial charge in [-0.05, 0) is 158 Å². The molecule has 0 spiro atoms. The first-order valence-corrected chi connectivity index (χ1v) is 22.9. The van der Waals surface area contributed by atoms with E-state index in [0.29, 0.717) is 33.0 Å². The largest absolute Gasteiger partial charge is 0.507 e. The van der Waals surface area contributed by atoms with E-state index in [4.69, 9.17) is 0 Å². The quantitative estimate of drug-likeness (QED) is 0.0846. The maximum atomic E-state index is 12.2. The summed E-state index contributed by atoms with van der Waals surface area (Å²) in [7, 11) is 0. The van der Waals surface area contributed by atoms with Gasteiger partial charge in [-0.25, -0.2) is 0 Å². The van der Waals surface area contributed by atoms with Crippen LogP contribution in [-0.2, 0) is 0 Å². The first-order chi connectivity index (χ1) is 33.2. The number of fused-ring (bicyclic) bond motifs is 2. The van der Waals surface area contributed by atoms with Gasteiger partial charge < -0.3 is 30.6 Å². The van der Waals surface area contributed by atoms with Gasteiger partial charge in [-0.2, -0.15) is 0 Å². The van der Waals surface area contributed by atoms with Gasteiger partial charge in [-0.1, -0.05) is 146 Å². The molecule has 0 aliphatic carbocycles. The van der Waals surface area contributed by atoms with Crippen LogP contribution in [0.1, 0.15) is 68.9 Å². The van der Waals surface area contributed by atoms with Gasteiger partial charge in [-0.15, -0.1) is 0 Å². The summed E-state index contributed by atoms with van der Waals surface area (Å²) < 4.78 is 0. The number of benzene rings is 13. The highest BCUT2D eigenvalue weighted by molar-refractivity contribution is 6.27. The van der Waals surface area contributed by atoms with Crippen molar-refractivity contribution in [1.29, 1.82) is 0 Å². The normalized spacial score (nSPS) is 14.1. The SMILES string of the molecule is Oc1ccc2c(C(O)c3ccc4ccccc4c3)cc3cccc4c(C(O)c5ccc(C(O)c6cc7c(O)ccc8c(C(O)c9ccc%10ccccc%10c9)cc9cccc6c9c78)cc5)cc1c2c34. The summed E-state index contributed by atoms with van der Waals surface area (Å²) in [6.07, 6.45) is -4.01. The number of hydrogen-bond donors (Lipinski definition) is 6. The van der Waals surface area contributed by atoms with E-state index in [9.17, 15) is 30.6 Å². The Morgan fingerprint density at radius 3 is 1.00 bits per heavy atom. The molecule has 326 valence electrons. The molecule has 6 heteroatoms. The van der Waals surface area contributed by atoms with Crippen LogP contribution in [0, 0.1) is 0 Å². The minimum atomic E-state index is -1.08. The minimum absolute atomic E-state index is 0.0743.